The average molecular weight is 510 g/mol. The van der Waals surface area contributed by atoms with Crippen LogP contribution in [0.5, 0.6) is 5.75 Å². The Labute approximate surface area is 230 Å². The Bertz CT molecular complexity index is 1110. The van der Waals surface area contributed by atoms with Crippen molar-refractivity contribution in [3.05, 3.63) is 64.2 Å². The van der Waals surface area contributed by atoms with Crippen molar-refractivity contribution in [3.8, 4) is 5.75 Å². The molecule has 35 heavy (non-hydrogen) atoms. The third-order valence-electron chi connectivity index (χ3n) is 5.65. The van der Waals surface area contributed by atoms with Crippen molar-refractivity contribution in [1.82, 2.24) is 15.5 Å². The number of carbonyl (C=O) groups excluding carboxylic acids is 4. The van der Waals surface area contributed by atoms with Crippen molar-refractivity contribution in [1.29, 1.82) is 0 Å². The Hall–Kier alpha value is -2.59. The number of nitrogens with zero attached hydrogens (tertiary/aromatic N) is 1. The minimum Gasteiger partial charge on any atom is -0.545 e. The summed E-state index contributed by atoms with van der Waals surface area (Å²) >= 11 is 6.10. The van der Waals surface area contributed by atoms with Crippen LogP contribution >= 0.6 is 11.6 Å². The average Bonchev–Trinajstić information content (AvgIpc) is 2.96. The van der Waals surface area contributed by atoms with E-state index in [4.69, 9.17) is 16.3 Å². The Morgan fingerprint density at radius 3 is 2.66 bits per heavy atom. The number of rotatable bonds is 7. The van der Waals surface area contributed by atoms with Crippen LogP contribution in [0.1, 0.15) is 40.9 Å². The third-order valence-corrected chi connectivity index (χ3v) is 5.88. The van der Waals surface area contributed by atoms with Gasteiger partial charge in [0, 0.05) is 11.6 Å². The summed E-state index contributed by atoms with van der Waals surface area (Å²) < 4.78 is 5.35. The quantitative estimate of drug-likeness (QED) is 0.446. The van der Waals surface area contributed by atoms with E-state index in [0.29, 0.717) is 28.3 Å². The predicted octanol–water partition coefficient (Wildman–Crippen LogP) is -1.31. The number of urea groups is 1. The van der Waals surface area contributed by atoms with Gasteiger partial charge in [0.25, 0.3) is 0 Å². The molecule has 0 bridgehead atoms. The van der Waals surface area contributed by atoms with Crippen LogP contribution in [0, 0.1) is 5.92 Å². The molecular formula is C24H25ClN3NaO6. The molecule has 1 aliphatic rings. The number of amides is 4. The molecule has 2 aromatic carbocycles. The summed E-state index contributed by atoms with van der Waals surface area (Å²) in [4.78, 5) is 50.7. The van der Waals surface area contributed by atoms with Crippen LogP contribution in [0.25, 0.3) is 0 Å². The van der Waals surface area contributed by atoms with Crippen molar-refractivity contribution < 1.29 is 58.6 Å². The number of carboxylic acid groups (broad SMARTS) is 1. The molecule has 3 rings (SSSR count). The number of aromatic carboxylic acids is 1. The van der Waals surface area contributed by atoms with Crippen LogP contribution < -0.4 is 50.0 Å². The van der Waals surface area contributed by atoms with Gasteiger partial charge in [0.1, 0.15) is 12.3 Å². The first-order valence-electron chi connectivity index (χ1n) is 10.8. The van der Waals surface area contributed by atoms with Crippen LogP contribution in [-0.2, 0) is 16.0 Å². The van der Waals surface area contributed by atoms with E-state index in [9.17, 15) is 24.3 Å². The van der Waals surface area contributed by atoms with Gasteiger partial charge in [0.15, 0.2) is 0 Å². The van der Waals surface area contributed by atoms with Crippen molar-refractivity contribution in [2.45, 2.75) is 25.8 Å². The number of ether oxygens (including phenoxy) is 1. The Morgan fingerprint density at radius 2 is 2.00 bits per heavy atom. The van der Waals surface area contributed by atoms with Gasteiger partial charge in [0.05, 0.1) is 25.0 Å². The van der Waals surface area contributed by atoms with E-state index in [1.54, 1.807) is 30.3 Å². The van der Waals surface area contributed by atoms with E-state index >= 15 is 0 Å². The second-order valence-electron chi connectivity index (χ2n) is 7.91. The first-order chi connectivity index (χ1) is 16.2. The fraction of sp³-hybridized carbons (Fsp3) is 0.333. The van der Waals surface area contributed by atoms with E-state index in [1.165, 1.54) is 19.2 Å². The second kappa shape index (κ2) is 12.9. The number of carbonyl (C=O) groups is 4. The Kier molecular flexibility index (Phi) is 10.6. The Balaban J connectivity index is 0.00000432. The number of methoxy groups -OCH3 is 1. The number of halogens is 1. The van der Waals surface area contributed by atoms with Crippen LogP contribution in [0.2, 0.25) is 5.02 Å². The molecule has 2 aromatic rings. The molecule has 0 radical (unpaired) electrons. The Morgan fingerprint density at radius 1 is 1.26 bits per heavy atom. The smallest absolute Gasteiger partial charge is 0.545 e. The van der Waals surface area contributed by atoms with E-state index in [-0.39, 0.29) is 48.1 Å². The molecule has 2 N–H and O–H groups in total. The summed E-state index contributed by atoms with van der Waals surface area (Å²) in [6.45, 7) is 1.44. The second-order valence-corrected chi connectivity index (χ2v) is 8.35. The number of hydrogen-bond acceptors (Lipinski definition) is 6. The first kappa shape index (κ1) is 28.6. The van der Waals surface area contributed by atoms with E-state index in [2.05, 4.69) is 10.6 Å². The van der Waals surface area contributed by atoms with Crippen molar-refractivity contribution in [2.75, 3.05) is 20.2 Å². The maximum absolute atomic E-state index is 13.3. The minimum atomic E-state index is -1.33. The molecule has 1 heterocycles. The fourth-order valence-electron chi connectivity index (χ4n) is 3.86. The van der Waals surface area contributed by atoms with Gasteiger partial charge in [-0.2, -0.15) is 0 Å². The third kappa shape index (κ3) is 7.20. The van der Waals surface area contributed by atoms with Crippen LogP contribution in [0.4, 0.5) is 4.79 Å². The minimum absolute atomic E-state index is 0. The molecule has 1 aliphatic heterocycles. The van der Waals surface area contributed by atoms with E-state index in [1.807, 2.05) is 6.92 Å². The van der Waals surface area contributed by atoms with Gasteiger partial charge in [-0.05, 0) is 53.8 Å². The summed E-state index contributed by atoms with van der Waals surface area (Å²) in [5.41, 5.74) is 1.20. The number of nitrogens with one attached hydrogen (secondary N) is 2. The molecule has 1 fully saturated rings. The molecule has 9 nitrogen and oxygen atoms in total. The molecule has 2 atom stereocenters. The molecule has 0 saturated carbocycles. The molecule has 0 spiro atoms. The van der Waals surface area contributed by atoms with Crippen LogP contribution in [-0.4, -0.2) is 48.9 Å². The van der Waals surface area contributed by atoms with Gasteiger partial charge >= 0.3 is 35.6 Å². The topological polar surface area (TPSA) is 128 Å². The molecule has 11 heteroatoms. The summed E-state index contributed by atoms with van der Waals surface area (Å²) in [7, 11) is 1.50. The van der Waals surface area contributed by atoms with E-state index in [0.717, 1.165) is 4.90 Å². The standard InChI is InChI=1S/C24H26ClN3O6.Na/c1-3-19(14-5-4-6-15(9-14)23(31)32)27-24(33)28-13-21(29)26-12-17(22(28)30)10-16-11-18(25)7-8-20(16)34-2;/h4-9,11,17,19H,3,10,12-13H2,1-2H3,(H,26,29)(H,27,33)(H,31,32);/q;+1/p-1. The number of hydrogen-bond donors (Lipinski definition) is 2. The molecule has 0 aromatic heterocycles. The zero-order valence-electron chi connectivity index (χ0n) is 19.8. The fourth-order valence-corrected chi connectivity index (χ4v) is 4.05. The van der Waals surface area contributed by atoms with Gasteiger partial charge < -0.3 is 25.3 Å². The van der Waals surface area contributed by atoms with Crippen molar-refractivity contribution >= 4 is 35.4 Å². The molecule has 0 aliphatic carbocycles. The summed E-state index contributed by atoms with van der Waals surface area (Å²) in [6, 6.07) is 9.75. The van der Waals surface area contributed by atoms with Gasteiger partial charge in [-0.1, -0.05) is 36.7 Å². The number of carboxylic acids is 1. The molecular weight excluding hydrogens is 485 g/mol. The van der Waals surface area contributed by atoms with Gasteiger partial charge in [-0.15, -0.1) is 0 Å². The summed E-state index contributed by atoms with van der Waals surface area (Å²) in [5, 5.41) is 17.1. The molecule has 1 saturated heterocycles. The number of imide groups is 1. The summed E-state index contributed by atoms with van der Waals surface area (Å²) in [5.74, 6) is -2.48. The van der Waals surface area contributed by atoms with Crippen molar-refractivity contribution in [3.63, 3.8) is 0 Å². The van der Waals surface area contributed by atoms with Crippen LogP contribution in [0.15, 0.2) is 42.5 Å². The molecule has 4 amide bonds. The van der Waals surface area contributed by atoms with Gasteiger partial charge in [-0.25, -0.2) is 4.79 Å². The zero-order chi connectivity index (χ0) is 24.8. The van der Waals surface area contributed by atoms with Crippen LogP contribution in [0.3, 0.4) is 0 Å². The SMILES string of the molecule is CCC(NC(=O)N1CC(=O)NCC(Cc2cc(Cl)ccc2OC)C1=O)c1cccc(C(=O)[O-])c1.[Na+]. The van der Waals surface area contributed by atoms with E-state index < -0.39 is 42.3 Å². The van der Waals surface area contributed by atoms with Crippen molar-refractivity contribution in [2.24, 2.45) is 5.92 Å². The summed E-state index contributed by atoms with van der Waals surface area (Å²) in [6.07, 6.45) is 0.636. The predicted molar refractivity (Wildman–Crippen MR) is 122 cm³/mol. The maximum Gasteiger partial charge on any atom is 1.00 e. The number of benzene rings is 2. The zero-order valence-corrected chi connectivity index (χ0v) is 22.6. The monoisotopic (exact) mass is 509 g/mol. The van der Waals surface area contributed by atoms with Gasteiger partial charge in [0.2, 0.25) is 11.8 Å². The normalized spacial score (nSPS) is 16.4. The molecule has 180 valence electrons. The molecule has 2 unspecified atom stereocenters. The largest absolute Gasteiger partial charge is 1.00 e. The maximum atomic E-state index is 13.3. The first-order valence-corrected chi connectivity index (χ1v) is 11.1. The van der Waals surface area contributed by atoms with Gasteiger partial charge in [-0.3, -0.25) is 14.5 Å².